The van der Waals surface area contributed by atoms with Crippen LogP contribution in [-0.2, 0) is 4.79 Å². The van der Waals surface area contributed by atoms with E-state index >= 15 is 0 Å². The summed E-state index contributed by atoms with van der Waals surface area (Å²) in [5, 5.41) is 11.5. The molecule has 0 aliphatic rings. The highest BCUT2D eigenvalue weighted by molar-refractivity contribution is 9.10. The van der Waals surface area contributed by atoms with Gasteiger partial charge < -0.3 is 11.1 Å². The fourth-order valence-electron chi connectivity index (χ4n) is 1.53. The topological polar surface area (TPSA) is 78.9 Å². The van der Waals surface area contributed by atoms with Gasteiger partial charge in [0.15, 0.2) is 0 Å². The molecule has 0 heterocycles. The summed E-state index contributed by atoms with van der Waals surface area (Å²) < 4.78 is 0.673. The van der Waals surface area contributed by atoms with Gasteiger partial charge in [-0.15, -0.1) is 0 Å². The van der Waals surface area contributed by atoms with Crippen molar-refractivity contribution in [3.8, 4) is 6.07 Å². The highest BCUT2D eigenvalue weighted by atomic mass is 79.9. The van der Waals surface area contributed by atoms with Gasteiger partial charge in [0, 0.05) is 4.47 Å². The van der Waals surface area contributed by atoms with Crippen LogP contribution in [0.25, 0.3) is 0 Å². The number of benzene rings is 1. The molecule has 0 aromatic heterocycles. The average Bonchev–Trinajstić information content (AvgIpc) is 2.30. The zero-order valence-electron chi connectivity index (χ0n) is 10.4. The Bertz CT molecular complexity index is 480. The number of halogens is 1. The summed E-state index contributed by atoms with van der Waals surface area (Å²) in [6, 6.07) is 6.50. The molecule has 0 fully saturated rings. The second kappa shape index (κ2) is 6.53. The zero-order valence-corrected chi connectivity index (χ0v) is 12.0. The third kappa shape index (κ3) is 4.13. The predicted molar refractivity (Wildman–Crippen MR) is 74.9 cm³/mol. The van der Waals surface area contributed by atoms with Crippen molar-refractivity contribution >= 4 is 27.5 Å². The monoisotopic (exact) mass is 309 g/mol. The molecule has 4 nitrogen and oxygen atoms in total. The Labute approximate surface area is 115 Å². The van der Waals surface area contributed by atoms with E-state index in [9.17, 15) is 4.79 Å². The smallest absolute Gasteiger partial charge is 0.241 e. The average molecular weight is 310 g/mol. The van der Waals surface area contributed by atoms with Crippen LogP contribution in [-0.4, -0.2) is 11.9 Å². The number of carbonyl (C=O) groups excluding carboxylic acids is 1. The second-order valence-corrected chi connectivity index (χ2v) is 5.39. The minimum absolute atomic E-state index is 0.214. The van der Waals surface area contributed by atoms with E-state index in [1.165, 1.54) is 0 Å². The second-order valence-electron chi connectivity index (χ2n) is 4.53. The lowest BCUT2D eigenvalue weighted by atomic mass is 10.0. The van der Waals surface area contributed by atoms with Crippen molar-refractivity contribution in [2.24, 2.45) is 11.7 Å². The third-order valence-electron chi connectivity index (χ3n) is 2.42. The van der Waals surface area contributed by atoms with E-state index in [0.717, 1.165) is 0 Å². The molecule has 1 atom stereocenters. The van der Waals surface area contributed by atoms with Crippen LogP contribution in [0, 0.1) is 17.2 Å². The Kier molecular flexibility index (Phi) is 5.32. The molecule has 1 unspecified atom stereocenters. The van der Waals surface area contributed by atoms with Gasteiger partial charge in [-0.25, -0.2) is 0 Å². The molecular formula is C13H16BrN3O. The van der Waals surface area contributed by atoms with Crippen LogP contribution in [0.4, 0.5) is 5.69 Å². The van der Waals surface area contributed by atoms with Crippen LogP contribution in [0.1, 0.15) is 25.8 Å². The van der Waals surface area contributed by atoms with Crippen molar-refractivity contribution < 1.29 is 4.79 Å². The largest absolute Gasteiger partial charge is 0.324 e. The Hall–Kier alpha value is -1.38. The van der Waals surface area contributed by atoms with E-state index < -0.39 is 6.04 Å². The molecule has 1 aromatic rings. The minimum Gasteiger partial charge on any atom is -0.324 e. The third-order valence-corrected chi connectivity index (χ3v) is 3.07. The molecule has 0 spiro atoms. The fourth-order valence-corrected chi connectivity index (χ4v) is 2.00. The van der Waals surface area contributed by atoms with Crippen LogP contribution >= 0.6 is 15.9 Å². The summed E-state index contributed by atoms with van der Waals surface area (Å²) in [6.45, 7) is 4.04. The number of nitriles is 1. The maximum atomic E-state index is 11.8. The van der Waals surface area contributed by atoms with Crippen molar-refractivity contribution in [1.82, 2.24) is 0 Å². The van der Waals surface area contributed by atoms with Crippen LogP contribution in [0.3, 0.4) is 0 Å². The number of nitrogens with zero attached hydrogens (tertiary/aromatic N) is 1. The first-order chi connectivity index (χ1) is 8.43. The van der Waals surface area contributed by atoms with Crippen LogP contribution in [0.15, 0.2) is 22.7 Å². The fraction of sp³-hybridized carbons (Fsp3) is 0.385. The van der Waals surface area contributed by atoms with Gasteiger partial charge in [0.2, 0.25) is 5.91 Å². The van der Waals surface area contributed by atoms with Gasteiger partial charge in [0.25, 0.3) is 0 Å². The summed E-state index contributed by atoms with van der Waals surface area (Å²) in [5.41, 5.74) is 6.95. The van der Waals surface area contributed by atoms with Crippen LogP contribution in [0.2, 0.25) is 0 Å². The maximum absolute atomic E-state index is 11.8. The number of hydrogen-bond donors (Lipinski definition) is 2. The molecule has 0 saturated carbocycles. The van der Waals surface area contributed by atoms with Gasteiger partial charge in [-0.3, -0.25) is 4.79 Å². The molecule has 1 amide bonds. The number of amides is 1. The minimum atomic E-state index is -0.521. The molecule has 1 aromatic carbocycles. The van der Waals surface area contributed by atoms with Crippen molar-refractivity contribution in [2.45, 2.75) is 26.3 Å². The van der Waals surface area contributed by atoms with E-state index in [2.05, 4.69) is 21.2 Å². The number of hydrogen-bond acceptors (Lipinski definition) is 3. The molecule has 0 radical (unpaired) electrons. The van der Waals surface area contributed by atoms with E-state index in [4.69, 9.17) is 11.0 Å². The molecule has 0 aliphatic carbocycles. The van der Waals surface area contributed by atoms with Crippen LogP contribution in [0.5, 0.6) is 0 Å². The lowest BCUT2D eigenvalue weighted by Gasteiger charge is -2.15. The first kappa shape index (κ1) is 14.7. The normalized spacial score (nSPS) is 12.0. The van der Waals surface area contributed by atoms with Gasteiger partial charge in [-0.05, 0) is 46.5 Å². The Morgan fingerprint density at radius 2 is 2.22 bits per heavy atom. The maximum Gasteiger partial charge on any atom is 0.241 e. The molecule has 3 N–H and O–H groups in total. The number of nitrogens with one attached hydrogen (secondary N) is 1. The zero-order chi connectivity index (χ0) is 13.7. The lowest BCUT2D eigenvalue weighted by molar-refractivity contribution is -0.117. The van der Waals surface area contributed by atoms with Gasteiger partial charge in [-0.2, -0.15) is 5.26 Å². The first-order valence-electron chi connectivity index (χ1n) is 5.70. The summed E-state index contributed by atoms with van der Waals surface area (Å²) in [6.07, 6.45) is 0.639. The van der Waals surface area contributed by atoms with Gasteiger partial charge >= 0.3 is 0 Å². The van der Waals surface area contributed by atoms with Crippen molar-refractivity contribution in [1.29, 1.82) is 5.26 Å². The Morgan fingerprint density at radius 3 is 2.72 bits per heavy atom. The van der Waals surface area contributed by atoms with Crippen LogP contribution < -0.4 is 11.1 Å². The molecule has 0 bridgehead atoms. The molecule has 0 saturated heterocycles. The molecular weight excluding hydrogens is 294 g/mol. The summed E-state index contributed by atoms with van der Waals surface area (Å²) >= 11 is 3.31. The number of rotatable bonds is 4. The highest BCUT2D eigenvalue weighted by Gasteiger charge is 2.16. The molecule has 18 heavy (non-hydrogen) atoms. The van der Waals surface area contributed by atoms with E-state index in [0.29, 0.717) is 28.1 Å². The van der Waals surface area contributed by atoms with E-state index in [1.807, 2.05) is 19.9 Å². The quantitative estimate of drug-likeness (QED) is 0.897. The predicted octanol–water partition coefficient (Wildman–Crippen LogP) is 2.63. The van der Waals surface area contributed by atoms with E-state index in [1.54, 1.807) is 18.2 Å². The molecule has 5 heteroatoms. The summed E-state index contributed by atoms with van der Waals surface area (Å²) in [4.78, 5) is 11.8. The lowest BCUT2D eigenvalue weighted by Crippen LogP contribution is -2.36. The number of nitrogens with two attached hydrogens (primary N) is 1. The van der Waals surface area contributed by atoms with E-state index in [-0.39, 0.29) is 5.91 Å². The Balaban J connectivity index is 2.73. The number of carbonyl (C=O) groups is 1. The summed E-state index contributed by atoms with van der Waals surface area (Å²) in [5.74, 6) is 0.157. The molecule has 96 valence electrons. The molecule has 0 aliphatic heterocycles. The van der Waals surface area contributed by atoms with Gasteiger partial charge in [0.1, 0.15) is 0 Å². The van der Waals surface area contributed by atoms with Crippen molar-refractivity contribution in [2.75, 3.05) is 5.32 Å². The summed E-state index contributed by atoms with van der Waals surface area (Å²) in [7, 11) is 0. The van der Waals surface area contributed by atoms with Gasteiger partial charge in [-0.1, -0.05) is 13.8 Å². The number of anilines is 1. The first-order valence-corrected chi connectivity index (χ1v) is 6.49. The SMILES string of the molecule is CC(C)CC(N)C(=O)Nc1ccc(C#N)cc1Br. The van der Waals surface area contributed by atoms with Gasteiger partial charge in [0.05, 0.1) is 23.4 Å². The van der Waals surface area contributed by atoms with Crippen molar-refractivity contribution in [3.05, 3.63) is 28.2 Å². The van der Waals surface area contributed by atoms with Crippen molar-refractivity contribution in [3.63, 3.8) is 0 Å². The molecule has 1 rings (SSSR count). The highest BCUT2D eigenvalue weighted by Crippen LogP contribution is 2.23. The standard InChI is InChI=1S/C13H16BrN3O/c1-8(2)5-11(16)13(18)17-12-4-3-9(7-15)6-10(12)14/h3-4,6,8,11H,5,16H2,1-2H3,(H,17,18). The Morgan fingerprint density at radius 1 is 1.56 bits per heavy atom.